The maximum absolute atomic E-state index is 12.6. The van der Waals surface area contributed by atoms with Crippen molar-refractivity contribution in [2.24, 2.45) is 0 Å². The van der Waals surface area contributed by atoms with E-state index in [0.717, 1.165) is 5.82 Å². The van der Waals surface area contributed by atoms with E-state index in [2.05, 4.69) is 14.9 Å². The van der Waals surface area contributed by atoms with Crippen LogP contribution in [0.4, 0.5) is 10.6 Å². The summed E-state index contributed by atoms with van der Waals surface area (Å²) in [5.41, 5.74) is 0. The molecular weight excluding hydrogens is 332 g/mol. The minimum absolute atomic E-state index is 0.0417. The molecular formula is C19H24N4O3. The summed E-state index contributed by atoms with van der Waals surface area (Å²) in [5.74, 6) is 1.69. The van der Waals surface area contributed by atoms with Gasteiger partial charge in [-0.05, 0) is 39.0 Å². The molecule has 26 heavy (non-hydrogen) atoms. The first-order valence-electron chi connectivity index (χ1n) is 8.77. The number of aliphatic hydroxyl groups excluding tert-OH is 1. The Kier molecular flexibility index (Phi) is 5.37. The number of carbonyl (C=O) groups excluding carboxylic acids is 1. The monoisotopic (exact) mass is 356 g/mol. The summed E-state index contributed by atoms with van der Waals surface area (Å²) in [6, 6.07) is 10.8. The SMILES string of the molecule is CC(O)c1nccc(N2CC(C)N(C(=O)Oc3ccccc3)C(C)C2)n1. The molecule has 7 heteroatoms. The van der Waals surface area contributed by atoms with Crippen molar-refractivity contribution in [3.63, 3.8) is 0 Å². The lowest BCUT2D eigenvalue weighted by Gasteiger charge is -2.44. The number of aromatic nitrogens is 2. The average molecular weight is 356 g/mol. The van der Waals surface area contributed by atoms with Crippen LogP contribution in [0.15, 0.2) is 42.6 Å². The number of nitrogens with zero attached hydrogens (tertiary/aromatic N) is 4. The number of carbonyl (C=O) groups is 1. The minimum atomic E-state index is -0.716. The number of aliphatic hydroxyl groups is 1. The lowest BCUT2D eigenvalue weighted by Crippen LogP contribution is -2.59. The van der Waals surface area contributed by atoms with Crippen LogP contribution in [0.25, 0.3) is 0 Å². The fourth-order valence-electron chi connectivity index (χ4n) is 3.25. The highest BCUT2D eigenvalue weighted by molar-refractivity contribution is 5.72. The maximum atomic E-state index is 12.6. The number of hydrogen-bond donors (Lipinski definition) is 1. The van der Waals surface area contributed by atoms with Gasteiger partial charge in [-0.1, -0.05) is 18.2 Å². The minimum Gasteiger partial charge on any atom is -0.410 e. The molecule has 3 rings (SSSR count). The van der Waals surface area contributed by atoms with Gasteiger partial charge in [0.1, 0.15) is 17.7 Å². The van der Waals surface area contributed by atoms with Gasteiger partial charge in [0.25, 0.3) is 0 Å². The molecule has 0 radical (unpaired) electrons. The van der Waals surface area contributed by atoms with Crippen molar-refractivity contribution in [2.75, 3.05) is 18.0 Å². The van der Waals surface area contributed by atoms with Crippen molar-refractivity contribution in [1.82, 2.24) is 14.9 Å². The second-order valence-electron chi connectivity index (χ2n) is 6.64. The van der Waals surface area contributed by atoms with Crippen molar-refractivity contribution >= 4 is 11.9 Å². The van der Waals surface area contributed by atoms with Gasteiger partial charge < -0.3 is 14.7 Å². The Hall–Kier alpha value is -2.67. The topological polar surface area (TPSA) is 78.8 Å². The van der Waals surface area contributed by atoms with Gasteiger partial charge >= 0.3 is 6.09 Å². The molecule has 0 aliphatic carbocycles. The van der Waals surface area contributed by atoms with Crippen molar-refractivity contribution in [2.45, 2.75) is 39.0 Å². The molecule has 1 aliphatic heterocycles. The van der Waals surface area contributed by atoms with Crippen LogP contribution in [0.5, 0.6) is 5.75 Å². The second kappa shape index (κ2) is 7.70. The Bertz CT molecular complexity index is 741. The molecule has 1 aromatic carbocycles. The quantitative estimate of drug-likeness (QED) is 0.911. The zero-order valence-corrected chi connectivity index (χ0v) is 15.2. The number of para-hydroxylation sites is 1. The standard InChI is InChI=1S/C19H24N4O3/c1-13-11-22(17-9-10-20-18(21-17)15(3)24)12-14(2)23(13)19(25)26-16-7-5-4-6-8-16/h4-10,13-15,24H,11-12H2,1-3H3. The average Bonchev–Trinajstić information content (AvgIpc) is 2.62. The zero-order chi connectivity index (χ0) is 18.7. The number of hydrogen-bond acceptors (Lipinski definition) is 6. The van der Waals surface area contributed by atoms with Crippen LogP contribution in [0.2, 0.25) is 0 Å². The molecule has 0 bridgehead atoms. The summed E-state index contributed by atoms with van der Waals surface area (Å²) in [4.78, 5) is 25.0. The maximum Gasteiger partial charge on any atom is 0.415 e. The number of anilines is 1. The van der Waals surface area contributed by atoms with E-state index in [4.69, 9.17) is 4.74 Å². The molecule has 1 amide bonds. The fraction of sp³-hybridized carbons (Fsp3) is 0.421. The molecule has 2 heterocycles. The Labute approximate surface area is 153 Å². The summed E-state index contributed by atoms with van der Waals surface area (Å²) in [5, 5.41) is 9.69. The summed E-state index contributed by atoms with van der Waals surface area (Å²) in [6.07, 6.45) is 0.589. The molecule has 1 aromatic heterocycles. The van der Waals surface area contributed by atoms with Gasteiger partial charge in [-0.15, -0.1) is 0 Å². The predicted molar refractivity (Wildman–Crippen MR) is 98.1 cm³/mol. The van der Waals surface area contributed by atoms with Crippen LogP contribution in [0, 0.1) is 0 Å². The van der Waals surface area contributed by atoms with Crippen molar-refractivity contribution < 1.29 is 14.6 Å². The molecule has 1 saturated heterocycles. The van der Waals surface area contributed by atoms with Crippen LogP contribution in [-0.2, 0) is 0 Å². The Morgan fingerprint density at radius 1 is 1.19 bits per heavy atom. The third kappa shape index (κ3) is 3.94. The molecule has 1 aliphatic rings. The lowest BCUT2D eigenvalue weighted by atomic mass is 10.1. The zero-order valence-electron chi connectivity index (χ0n) is 15.2. The van der Waals surface area contributed by atoms with Gasteiger partial charge in [0, 0.05) is 19.3 Å². The van der Waals surface area contributed by atoms with Crippen molar-refractivity contribution in [1.29, 1.82) is 0 Å². The number of piperazine rings is 1. The highest BCUT2D eigenvalue weighted by Gasteiger charge is 2.34. The van der Waals surface area contributed by atoms with Crippen LogP contribution < -0.4 is 9.64 Å². The fourth-order valence-corrected chi connectivity index (χ4v) is 3.25. The molecule has 138 valence electrons. The van der Waals surface area contributed by atoms with E-state index in [0.29, 0.717) is 24.7 Å². The summed E-state index contributed by atoms with van der Waals surface area (Å²) < 4.78 is 5.50. The molecule has 3 unspecified atom stereocenters. The van der Waals surface area contributed by atoms with E-state index in [9.17, 15) is 9.90 Å². The first-order valence-corrected chi connectivity index (χ1v) is 8.77. The summed E-state index contributed by atoms with van der Waals surface area (Å²) >= 11 is 0. The van der Waals surface area contributed by atoms with Gasteiger partial charge in [-0.25, -0.2) is 14.8 Å². The Morgan fingerprint density at radius 3 is 2.46 bits per heavy atom. The number of rotatable bonds is 3. The van der Waals surface area contributed by atoms with Crippen LogP contribution >= 0.6 is 0 Å². The summed E-state index contributed by atoms with van der Waals surface area (Å²) in [7, 11) is 0. The smallest absolute Gasteiger partial charge is 0.410 e. The molecule has 1 N–H and O–H groups in total. The van der Waals surface area contributed by atoms with E-state index in [1.807, 2.05) is 38.1 Å². The number of amides is 1. The van der Waals surface area contributed by atoms with E-state index < -0.39 is 6.10 Å². The molecule has 2 aromatic rings. The van der Waals surface area contributed by atoms with Gasteiger partial charge in [0.05, 0.1) is 12.1 Å². The van der Waals surface area contributed by atoms with Crippen LogP contribution in [-0.4, -0.2) is 51.2 Å². The lowest BCUT2D eigenvalue weighted by molar-refractivity contribution is 0.104. The van der Waals surface area contributed by atoms with Crippen molar-refractivity contribution in [3.8, 4) is 5.75 Å². The first-order chi connectivity index (χ1) is 12.5. The Balaban J connectivity index is 1.71. The molecule has 1 fully saturated rings. The number of benzene rings is 1. The third-order valence-electron chi connectivity index (χ3n) is 4.44. The first kappa shape index (κ1) is 18.1. The highest BCUT2D eigenvalue weighted by Crippen LogP contribution is 2.23. The molecule has 7 nitrogen and oxygen atoms in total. The molecule has 0 saturated carbocycles. The largest absolute Gasteiger partial charge is 0.415 e. The van der Waals surface area contributed by atoms with Crippen LogP contribution in [0.3, 0.4) is 0 Å². The summed E-state index contributed by atoms with van der Waals surface area (Å²) in [6.45, 7) is 6.88. The second-order valence-corrected chi connectivity index (χ2v) is 6.64. The van der Waals surface area contributed by atoms with Crippen LogP contribution in [0.1, 0.15) is 32.7 Å². The van der Waals surface area contributed by atoms with Crippen molar-refractivity contribution in [3.05, 3.63) is 48.4 Å². The molecule has 3 atom stereocenters. The van der Waals surface area contributed by atoms with E-state index in [1.165, 1.54) is 0 Å². The van der Waals surface area contributed by atoms with E-state index in [1.54, 1.807) is 30.2 Å². The van der Waals surface area contributed by atoms with Gasteiger partial charge in [-0.2, -0.15) is 0 Å². The third-order valence-corrected chi connectivity index (χ3v) is 4.44. The van der Waals surface area contributed by atoms with Gasteiger partial charge in [0.15, 0.2) is 5.82 Å². The van der Waals surface area contributed by atoms with E-state index in [-0.39, 0.29) is 18.2 Å². The van der Waals surface area contributed by atoms with Gasteiger partial charge in [-0.3, -0.25) is 4.90 Å². The Morgan fingerprint density at radius 2 is 1.85 bits per heavy atom. The predicted octanol–water partition coefficient (Wildman–Crippen LogP) is 2.63. The highest BCUT2D eigenvalue weighted by atomic mass is 16.6. The van der Waals surface area contributed by atoms with Gasteiger partial charge in [0.2, 0.25) is 0 Å². The van der Waals surface area contributed by atoms with E-state index >= 15 is 0 Å². The normalized spacial score (nSPS) is 21.4. The number of ether oxygens (including phenoxy) is 1. The molecule has 0 spiro atoms.